The first kappa shape index (κ1) is 20.7. The summed E-state index contributed by atoms with van der Waals surface area (Å²) in [4.78, 5) is 17.6. The molecule has 0 amide bonds. The predicted molar refractivity (Wildman–Crippen MR) is 117 cm³/mol. The summed E-state index contributed by atoms with van der Waals surface area (Å²) in [6.45, 7) is 4.43. The third kappa shape index (κ3) is 4.87. The fourth-order valence-electron chi connectivity index (χ4n) is 3.08. The van der Waals surface area contributed by atoms with E-state index in [-0.39, 0.29) is 11.2 Å². The van der Waals surface area contributed by atoms with Gasteiger partial charge in [0, 0.05) is 5.56 Å². The molecule has 2 N–H and O–H groups in total. The van der Waals surface area contributed by atoms with Crippen molar-refractivity contribution in [2.45, 2.75) is 31.9 Å². The zero-order valence-electron chi connectivity index (χ0n) is 16.5. The average molecular weight is 406 g/mol. The van der Waals surface area contributed by atoms with E-state index >= 15 is 0 Å². The van der Waals surface area contributed by atoms with Crippen LogP contribution in [0.4, 0.5) is 0 Å². The molecule has 0 bridgehead atoms. The van der Waals surface area contributed by atoms with Gasteiger partial charge in [0.15, 0.2) is 5.17 Å². The second-order valence-electron chi connectivity index (χ2n) is 6.80. The third-order valence-corrected chi connectivity index (χ3v) is 5.64. The Morgan fingerprint density at radius 3 is 2.69 bits per heavy atom. The van der Waals surface area contributed by atoms with E-state index in [0.717, 1.165) is 29.5 Å². The summed E-state index contributed by atoms with van der Waals surface area (Å²) in [5.74, 6) is -0.381. The molecular formula is C23H23N3O2S. The Hall–Kier alpha value is -3.04. The number of ether oxygens (including phenoxy) is 1. The molecule has 29 heavy (non-hydrogen) atoms. The number of hydrogen-bond donors (Lipinski definition) is 1. The molecule has 1 aliphatic heterocycles. The number of carbonyl (C=O) groups is 1. The number of aliphatic imine (C=N–C) groups is 1. The van der Waals surface area contributed by atoms with E-state index in [9.17, 15) is 4.79 Å². The zero-order valence-corrected chi connectivity index (χ0v) is 17.3. The number of nitriles is 1. The number of esters is 1. The molecule has 1 aliphatic rings. The Bertz CT molecular complexity index is 1000. The van der Waals surface area contributed by atoms with Gasteiger partial charge in [-0.05, 0) is 31.0 Å². The third-order valence-electron chi connectivity index (χ3n) is 4.56. The molecule has 1 unspecified atom stereocenters. The first-order chi connectivity index (χ1) is 14.0. The van der Waals surface area contributed by atoms with Gasteiger partial charge in [-0.3, -0.25) is 0 Å². The summed E-state index contributed by atoms with van der Waals surface area (Å²) in [6.07, 6.45) is 1.74. The molecule has 0 radical (unpaired) electrons. The van der Waals surface area contributed by atoms with Gasteiger partial charge in [-0.1, -0.05) is 67.1 Å². The topological polar surface area (TPSA) is 88.5 Å². The second kappa shape index (κ2) is 9.44. The quantitative estimate of drug-likeness (QED) is 0.555. The largest absolute Gasteiger partial charge is 0.462 e. The highest BCUT2D eigenvalue weighted by atomic mass is 32.2. The number of benzene rings is 2. The molecule has 1 atom stereocenters. The Balaban J connectivity index is 2.12. The van der Waals surface area contributed by atoms with Crippen molar-refractivity contribution in [3.05, 3.63) is 76.4 Å². The molecule has 2 aromatic rings. The summed E-state index contributed by atoms with van der Waals surface area (Å²) >= 11 is 1.35. The van der Waals surface area contributed by atoms with Crippen molar-refractivity contribution in [3.63, 3.8) is 0 Å². The van der Waals surface area contributed by atoms with Gasteiger partial charge < -0.3 is 10.5 Å². The number of hydrogen-bond acceptors (Lipinski definition) is 6. The molecule has 0 spiro atoms. The van der Waals surface area contributed by atoms with E-state index in [2.05, 4.69) is 11.1 Å². The van der Waals surface area contributed by atoms with Crippen molar-refractivity contribution in [1.29, 1.82) is 5.26 Å². The van der Waals surface area contributed by atoms with Crippen molar-refractivity contribution in [2.75, 3.05) is 6.61 Å². The van der Waals surface area contributed by atoms with Crippen molar-refractivity contribution in [2.24, 2.45) is 10.7 Å². The molecule has 3 rings (SSSR count). The molecule has 2 aromatic carbocycles. The molecule has 0 fully saturated rings. The lowest BCUT2D eigenvalue weighted by molar-refractivity contribution is -0.139. The Morgan fingerprint density at radius 1 is 1.28 bits per heavy atom. The number of aryl methyl sites for hydroxylation is 1. The van der Waals surface area contributed by atoms with Crippen LogP contribution in [0.5, 0.6) is 0 Å². The van der Waals surface area contributed by atoms with Crippen LogP contribution >= 0.6 is 11.8 Å². The highest BCUT2D eigenvalue weighted by molar-refractivity contribution is 8.14. The van der Waals surface area contributed by atoms with Gasteiger partial charge in [-0.15, -0.1) is 0 Å². The van der Waals surface area contributed by atoms with Gasteiger partial charge in [-0.2, -0.15) is 5.26 Å². The van der Waals surface area contributed by atoms with Crippen LogP contribution < -0.4 is 5.73 Å². The molecule has 0 aliphatic carbocycles. The number of nitrogens with zero attached hydrogens (tertiary/aromatic N) is 2. The zero-order chi connectivity index (χ0) is 20.8. The van der Waals surface area contributed by atoms with E-state index in [1.165, 1.54) is 11.8 Å². The summed E-state index contributed by atoms with van der Waals surface area (Å²) < 4.78 is 5.56. The number of rotatable bonds is 6. The molecule has 148 valence electrons. The molecule has 0 saturated carbocycles. The Labute approximate surface area is 175 Å². The van der Waals surface area contributed by atoms with Gasteiger partial charge in [0.05, 0.1) is 34.8 Å². The van der Waals surface area contributed by atoms with Crippen LogP contribution in [0.3, 0.4) is 0 Å². The number of carbonyl (C=O) groups excluding carboxylic acids is 1. The van der Waals surface area contributed by atoms with E-state index in [1.54, 1.807) is 24.3 Å². The minimum atomic E-state index is -0.381. The van der Waals surface area contributed by atoms with Crippen LogP contribution in [0.15, 0.2) is 59.1 Å². The maximum absolute atomic E-state index is 13.1. The maximum atomic E-state index is 13.1. The van der Waals surface area contributed by atoms with Crippen molar-refractivity contribution in [3.8, 4) is 6.07 Å². The van der Waals surface area contributed by atoms with Crippen molar-refractivity contribution in [1.82, 2.24) is 0 Å². The molecule has 0 saturated heterocycles. The standard InChI is InChI=1S/C23H23N3O2S/c1-3-4-12-28-22(27)19-20(17-10-8-16(14-24)9-11-17)26-23(25)29-21(19)18-7-5-6-15(2)13-18/h5-11,13,21H,3-4,12H2,1-2H3,(H2,25,26). The lowest BCUT2D eigenvalue weighted by atomic mass is 9.97. The molecular weight excluding hydrogens is 382 g/mol. The molecule has 6 heteroatoms. The maximum Gasteiger partial charge on any atom is 0.337 e. The van der Waals surface area contributed by atoms with Crippen LogP contribution in [-0.4, -0.2) is 17.7 Å². The van der Waals surface area contributed by atoms with E-state index in [0.29, 0.717) is 28.6 Å². The van der Waals surface area contributed by atoms with E-state index in [1.807, 2.05) is 38.1 Å². The van der Waals surface area contributed by atoms with Crippen molar-refractivity contribution < 1.29 is 9.53 Å². The summed E-state index contributed by atoms with van der Waals surface area (Å²) in [7, 11) is 0. The van der Waals surface area contributed by atoms with Gasteiger partial charge in [0.2, 0.25) is 0 Å². The number of thioether (sulfide) groups is 1. The minimum Gasteiger partial charge on any atom is -0.462 e. The molecule has 5 nitrogen and oxygen atoms in total. The fourth-order valence-corrected chi connectivity index (χ4v) is 4.08. The van der Waals surface area contributed by atoms with E-state index in [4.69, 9.17) is 15.7 Å². The van der Waals surface area contributed by atoms with Crippen molar-refractivity contribution >= 4 is 28.6 Å². The van der Waals surface area contributed by atoms with Crippen LogP contribution in [0.25, 0.3) is 5.70 Å². The average Bonchev–Trinajstić information content (AvgIpc) is 2.73. The van der Waals surface area contributed by atoms with Gasteiger partial charge >= 0.3 is 5.97 Å². The lowest BCUT2D eigenvalue weighted by Crippen LogP contribution is -2.22. The highest BCUT2D eigenvalue weighted by Crippen LogP contribution is 2.44. The van der Waals surface area contributed by atoms with Crippen LogP contribution in [0.1, 0.15) is 47.3 Å². The molecule has 1 heterocycles. The summed E-state index contributed by atoms with van der Waals surface area (Å²) in [6, 6.07) is 17.1. The van der Waals surface area contributed by atoms with Crippen LogP contribution in [-0.2, 0) is 9.53 Å². The minimum absolute atomic E-state index is 0.313. The second-order valence-corrected chi connectivity index (χ2v) is 7.93. The first-order valence-corrected chi connectivity index (χ1v) is 10.4. The summed E-state index contributed by atoms with van der Waals surface area (Å²) in [5, 5.41) is 9.15. The number of unbranched alkanes of at least 4 members (excludes halogenated alkanes) is 1. The van der Waals surface area contributed by atoms with Gasteiger partial charge in [-0.25, -0.2) is 9.79 Å². The smallest absolute Gasteiger partial charge is 0.337 e. The SMILES string of the molecule is CCCCOC(=O)C1=C(c2ccc(C#N)cc2)N=C(N)SC1c1cccc(C)c1. The highest BCUT2D eigenvalue weighted by Gasteiger charge is 2.33. The number of nitrogens with two attached hydrogens (primary N) is 1. The van der Waals surface area contributed by atoms with Crippen LogP contribution in [0, 0.1) is 18.3 Å². The summed E-state index contributed by atoms with van der Waals surface area (Å²) in [5.41, 5.74) is 10.5. The van der Waals surface area contributed by atoms with Gasteiger partial charge in [0.1, 0.15) is 0 Å². The number of amidine groups is 1. The fraction of sp³-hybridized carbons (Fsp3) is 0.261. The Morgan fingerprint density at radius 2 is 2.03 bits per heavy atom. The predicted octanol–water partition coefficient (Wildman–Crippen LogP) is 4.72. The normalized spacial score (nSPS) is 16.2. The van der Waals surface area contributed by atoms with E-state index < -0.39 is 0 Å². The first-order valence-electron chi connectivity index (χ1n) is 9.52. The molecule has 0 aromatic heterocycles. The van der Waals surface area contributed by atoms with Crippen LogP contribution in [0.2, 0.25) is 0 Å². The Kier molecular flexibility index (Phi) is 6.73. The lowest BCUT2D eigenvalue weighted by Gasteiger charge is -2.25. The van der Waals surface area contributed by atoms with Gasteiger partial charge in [0.25, 0.3) is 0 Å². The monoisotopic (exact) mass is 405 g/mol.